The molecule has 1 saturated carbocycles. The lowest BCUT2D eigenvalue weighted by Gasteiger charge is -2.46. The lowest BCUT2D eigenvalue weighted by Crippen LogP contribution is -2.44. The summed E-state index contributed by atoms with van der Waals surface area (Å²) in [6, 6.07) is 41.6. The van der Waals surface area contributed by atoms with E-state index in [1.54, 1.807) is 56.0 Å². The van der Waals surface area contributed by atoms with Crippen molar-refractivity contribution in [2.24, 2.45) is 57.7 Å². The number of rotatable bonds is 10. The van der Waals surface area contributed by atoms with Crippen LogP contribution < -0.4 is 4.90 Å². The van der Waals surface area contributed by atoms with Gasteiger partial charge in [0.25, 0.3) is 0 Å². The Morgan fingerprint density at radius 2 is 1.44 bits per heavy atom. The molecule has 94 heavy (non-hydrogen) atoms. The monoisotopic (exact) mass is 1230 g/mol. The van der Waals surface area contributed by atoms with Gasteiger partial charge in [0.2, 0.25) is 0 Å². The topological polar surface area (TPSA) is 6.48 Å². The Morgan fingerprint density at radius 1 is 0.649 bits per heavy atom. The van der Waals surface area contributed by atoms with Crippen LogP contribution in [0, 0.1) is 57.7 Å². The van der Waals surface area contributed by atoms with Gasteiger partial charge in [-0.05, 0) is 221 Å². The fourth-order valence-corrected chi connectivity index (χ4v) is 21.8. The van der Waals surface area contributed by atoms with Crippen molar-refractivity contribution >= 4 is 16.8 Å². The van der Waals surface area contributed by atoms with E-state index in [1.165, 1.54) is 96.9 Å². The molecule has 1 fully saturated rings. The number of hydrogen-bond donors (Lipinski definition) is 0. The summed E-state index contributed by atoms with van der Waals surface area (Å²) in [6.45, 7) is 19.6. The van der Waals surface area contributed by atoms with Crippen LogP contribution in [0.25, 0.3) is 11.1 Å². The average molecular weight is 1240 g/mol. The van der Waals surface area contributed by atoms with Crippen LogP contribution in [0.4, 0.5) is 5.69 Å². The molecule has 17 rings (SSSR count). The Morgan fingerprint density at radius 3 is 2.21 bits per heavy atom. The molecule has 1 spiro atoms. The predicted octanol–water partition coefficient (Wildman–Crippen LogP) is 23.3. The maximum Gasteiger partial charge on any atom is 0.0612 e. The van der Waals surface area contributed by atoms with Crippen LogP contribution in [0.2, 0.25) is 0 Å². The second-order valence-electron chi connectivity index (χ2n) is 34.0. The molecule has 480 valence electrons. The molecule has 0 bridgehead atoms. The molecule has 0 radical (unpaired) electrons. The molecular weight excluding hydrogens is 1130 g/mol. The van der Waals surface area contributed by atoms with E-state index in [-0.39, 0.29) is 21.7 Å². The minimum atomic E-state index is -0.199. The van der Waals surface area contributed by atoms with Gasteiger partial charge in [-0.1, -0.05) is 267 Å². The number of benzene rings is 4. The minimum absolute atomic E-state index is 0.191. The van der Waals surface area contributed by atoms with Crippen molar-refractivity contribution < 1.29 is 0 Å². The molecule has 4 aromatic carbocycles. The first-order valence-corrected chi connectivity index (χ1v) is 37.3. The Kier molecular flexibility index (Phi) is 15.0. The molecule has 14 unspecified atom stereocenters. The Hall–Kier alpha value is -7.16. The van der Waals surface area contributed by atoms with Crippen LogP contribution in [0.1, 0.15) is 203 Å². The third kappa shape index (κ3) is 10.0. The summed E-state index contributed by atoms with van der Waals surface area (Å²) in [7, 11) is 0. The molecule has 0 amide bonds. The maximum absolute atomic E-state index is 2.93. The molecule has 0 N–H and O–H groups in total. The molecule has 14 atom stereocenters. The van der Waals surface area contributed by atoms with E-state index >= 15 is 0 Å². The van der Waals surface area contributed by atoms with Gasteiger partial charge in [-0.25, -0.2) is 0 Å². The van der Waals surface area contributed by atoms with Crippen LogP contribution in [0.3, 0.4) is 0 Å². The van der Waals surface area contributed by atoms with E-state index in [0.29, 0.717) is 77.3 Å². The summed E-state index contributed by atoms with van der Waals surface area (Å²) in [5.41, 5.74) is 26.8. The second kappa shape index (κ2) is 23.3. The molecule has 2 nitrogen and oxygen atoms in total. The zero-order valence-electron chi connectivity index (χ0n) is 57.7. The van der Waals surface area contributed by atoms with Gasteiger partial charge in [0.05, 0.1) is 5.41 Å². The Labute approximate surface area is 564 Å². The van der Waals surface area contributed by atoms with E-state index in [9.17, 15) is 0 Å². The van der Waals surface area contributed by atoms with Gasteiger partial charge in [0, 0.05) is 64.8 Å². The van der Waals surface area contributed by atoms with Crippen LogP contribution in [0.5, 0.6) is 0 Å². The largest absolute Gasteiger partial charge is 0.362 e. The number of nitrogens with zero attached hydrogens (tertiary/aromatic N) is 2. The van der Waals surface area contributed by atoms with Crippen molar-refractivity contribution in [3.8, 4) is 0 Å². The van der Waals surface area contributed by atoms with E-state index < -0.39 is 0 Å². The number of fused-ring (bicyclic) bond motifs is 14. The Bertz CT molecular complexity index is 4140. The summed E-state index contributed by atoms with van der Waals surface area (Å²) >= 11 is 0. The molecule has 13 aliphatic rings. The van der Waals surface area contributed by atoms with E-state index in [2.05, 4.69) is 278 Å². The third-order valence-electron chi connectivity index (χ3n) is 26.3. The highest BCUT2D eigenvalue weighted by molar-refractivity contribution is 5.94. The first-order valence-electron chi connectivity index (χ1n) is 37.3. The number of anilines is 1. The second-order valence-corrected chi connectivity index (χ2v) is 34.0. The zero-order chi connectivity index (χ0) is 63.8. The fraction of sp³-hybridized carbons (Fsp3) is 0.435. The van der Waals surface area contributed by atoms with Crippen molar-refractivity contribution in [2.45, 2.75) is 193 Å². The zero-order valence-corrected chi connectivity index (χ0v) is 57.7. The lowest BCUT2D eigenvalue weighted by atomic mass is 9.62. The van der Waals surface area contributed by atoms with Crippen molar-refractivity contribution in [1.29, 1.82) is 0 Å². The van der Waals surface area contributed by atoms with Crippen molar-refractivity contribution in [3.63, 3.8) is 0 Å². The highest BCUT2D eigenvalue weighted by atomic mass is 15.2. The summed E-state index contributed by atoms with van der Waals surface area (Å²) in [5.74, 6) is 5.24. The molecule has 1 heterocycles. The standard InChI is InChI=1S/C92H102N2/c1-89(2,3)58-86(90(4,5)6)64-32-30-63(31-33-64)66-40-50-76-73-23-13-17-27-81(73)92(84(76)55-66)82-28-18-14-24-74(82)77-51-41-67(56-85(77)92)65-42-53-88-79(54-65)78-25-15-19-29-87(78)94(88)70-47-38-62(39-48-70)61-36-45-69(46-37-61)93(68-43-34-60(35-44-68)59-20-10-9-11-21-59)71-49-52-75-72-22-12-16-26-80(72)91(7,8)83(75)57-71/h9-16,18-26,28-34,36,40-41,43,45,47,49,51-52,54-55,60-62,67-69,72,76,79-80,83,86,88H,17,27,35,37-39,42,44,46,48,50,53,56-58H2,1-8H3. The maximum atomic E-state index is 2.93. The van der Waals surface area contributed by atoms with Crippen LogP contribution in [-0.4, -0.2) is 23.0 Å². The molecular formula is C92H102N2. The third-order valence-corrected chi connectivity index (χ3v) is 26.3. The SMILES string of the molecule is CC(C)(C)CC(c1ccc(C2=CCC3C(=C2)C2(C4=C(C=CC(C5=CC6c7ccccc7N(C7=CCC(C8C=CC(N(C9=CC=C%10C%11C=CC=CC%11C(C)(C)C%10C9)C9C=CC(c%10ccccc%10)CC9)CC8)CC7)C6CC5)C4)c4ccccc42)C2=C3C=CCC2)cc1)C(C)(C)C. The van der Waals surface area contributed by atoms with Crippen LogP contribution in [-0.2, 0) is 5.41 Å². The van der Waals surface area contributed by atoms with Gasteiger partial charge in [-0.3, -0.25) is 0 Å². The molecule has 1 aliphatic heterocycles. The van der Waals surface area contributed by atoms with Gasteiger partial charge in [-0.15, -0.1) is 0 Å². The van der Waals surface area contributed by atoms with Crippen molar-refractivity contribution in [1.82, 2.24) is 4.90 Å². The van der Waals surface area contributed by atoms with Gasteiger partial charge in [0.1, 0.15) is 0 Å². The van der Waals surface area contributed by atoms with Gasteiger partial charge >= 0.3 is 0 Å². The number of para-hydroxylation sites is 1. The quantitative estimate of drug-likeness (QED) is 0.146. The van der Waals surface area contributed by atoms with Crippen LogP contribution in [0.15, 0.2) is 257 Å². The summed E-state index contributed by atoms with van der Waals surface area (Å²) in [4.78, 5) is 5.80. The molecule has 0 saturated heterocycles. The molecule has 0 aromatic heterocycles. The van der Waals surface area contributed by atoms with E-state index in [4.69, 9.17) is 0 Å². The fourth-order valence-electron chi connectivity index (χ4n) is 21.8. The number of hydrogen-bond acceptors (Lipinski definition) is 2. The van der Waals surface area contributed by atoms with Crippen LogP contribution >= 0.6 is 0 Å². The molecule has 12 aliphatic carbocycles. The summed E-state index contributed by atoms with van der Waals surface area (Å²) in [6.07, 6.45) is 64.1. The average Bonchev–Trinajstić information content (AvgIpc) is 1.51. The smallest absolute Gasteiger partial charge is 0.0612 e. The highest BCUT2D eigenvalue weighted by Crippen LogP contribution is 2.68. The predicted molar refractivity (Wildman–Crippen MR) is 395 cm³/mol. The first kappa shape index (κ1) is 60.5. The highest BCUT2D eigenvalue weighted by Gasteiger charge is 2.58. The molecule has 4 aromatic rings. The van der Waals surface area contributed by atoms with Crippen molar-refractivity contribution in [2.75, 3.05) is 4.90 Å². The summed E-state index contributed by atoms with van der Waals surface area (Å²) in [5, 5.41) is 0. The molecule has 2 heteroatoms. The normalized spacial score (nSPS) is 32.7. The lowest BCUT2D eigenvalue weighted by molar-refractivity contribution is 0.163. The van der Waals surface area contributed by atoms with Gasteiger partial charge in [-0.2, -0.15) is 0 Å². The minimum Gasteiger partial charge on any atom is -0.362 e. The number of allylic oxidation sites excluding steroid dienone is 25. The first-order chi connectivity index (χ1) is 45.6. The van der Waals surface area contributed by atoms with E-state index in [0.717, 1.165) is 38.5 Å². The Balaban J connectivity index is 0.618. The van der Waals surface area contributed by atoms with Gasteiger partial charge < -0.3 is 9.80 Å². The summed E-state index contributed by atoms with van der Waals surface area (Å²) < 4.78 is 0. The van der Waals surface area contributed by atoms with Gasteiger partial charge in [0.15, 0.2) is 0 Å². The van der Waals surface area contributed by atoms with E-state index in [1.807, 2.05) is 0 Å². The van der Waals surface area contributed by atoms with Crippen molar-refractivity contribution in [3.05, 3.63) is 291 Å².